The maximum atomic E-state index is 12.1. The third kappa shape index (κ3) is 3.94. The highest BCUT2D eigenvalue weighted by molar-refractivity contribution is 7.12. The molecule has 0 atom stereocenters. The molecule has 16 heavy (non-hydrogen) atoms. The Balaban J connectivity index is 2.58. The number of likely N-dealkylation sites (N-methyl/N-ethyl adjacent to an activating group) is 1. The zero-order chi connectivity index (χ0) is 12.0. The molecule has 0 radical (unpaired) electrons. The van der Waals surface area contributed by atoms with E-state index >= 15 is 0 Å². The lowest BCUT2D eigenvalue weighted by Gasteiger charge is -2.23. The van der Waals surface area contributed by atoms with E-state index in [9.17, 15) is 4.79 Å². The Morgan fingerprint density at radius 1 is 1.31 bits per heavy atom. The minimum Gasteiger partial charge on any atom is -0.337 e. The molecule has 0 bridgehead atoms. The molecule has 0 aromatic carbocycles. The van der Waals surface area contributed by atoms with Crippen molar-refractivity contribution in [1.82, 2.24) is 9.80 Å². The summed E-state index contributed by atoms with van der Waals surface area (Å²) in [4.78, 5) is 17.0. The highest BCUT2D eigenvalue weighted by Crippen LogP contribution is 2.12. The Bertz CT molecular complexity index is 309. The molecule has 1 amide bonds. The van der Waals surface area contributed by atoms with Gasteiger partial charge in [-0.1, -0.05) is 13.0 Å². The van der Waals surface area contributed by atoms with E-state index in [1.54, 1.807) is 0 Å². The quantitative estimate of drug-likeness (QED) is 0.761. The summed E-state index contributed by atoms with van der Waals surface area (Å²) in [6, 6.07) is 3.82. The van der Waals surface area contributed by atoms with Gasteiger partial charge in [0.15, 0.2) is 0 Å². The van der Waals surface area contributed by atoms with E-state index in [0.717, 1.165) is 30.9 Å². The largest absolute Gasteiger partial charge is 0.337 e. The van der Waals surface area contributed by atoms with E-state index in [-0.39, 0.29) is 5.91 Å². The summed E-state index contributed by atoms with van der Waals surface area (Å²) in [6.45, 7) is 4.66. The smallest absolute Gasteiger partial charge is 0.263 e. The molecule has 1 aromatic rings. The summed E-state index contributed by atoms with van der Waals surface area (Å²) in [5, 5.41) is 1.95. The fraction of sp³-hybridized carbons (Fsp3) is 0.583. The minimum absolute atomic E-state index is 0.165. The molecule has 90 valence electrons. The Morgan fingerprint density at radius 2 is 2.06 bits per heavy atom. The summed E-state index contributed by atoms with van der Waals surface area (Å²) in [5.74, 6) is 0.165. The number of amides is 1. The second kappa shape index (κ2) is 6.66. The van der Waals surface area contributed by atoms with Gasteiger partial charge in [-0.3, -0.25) is 4.79 Å². The van der Waals surface area contributed by atoms with Gasteiger partial charge in [-0.15, -0.1) is 11.3 Å². The van der Waals surface area contributed by atoms with Crippen LogP contribution in [0.2, 0.25) is 0 Å². The first-order valence-corrected chi connectivity index (χ1v) is 6.50. The van der Waals surface area contributed by atoms with Crippen LogP contribution in [0.25, 0.3) is 0 Å². The normalized spacial score (nSPS) is 10.8. The van der Waals surface area contributed by atoms with Crippen molar-refractivity contribution in [2.75, 3.05) is 33.7 Å². The fourth-order valence-corrected chi connectivity index (χ4v) is 2.15. The van der Waals surface area contributed by atoms with E-state index in [1.165, 1.54) is 11.3 Å². The molecule has 1 aromatic heterocycles. The highest BCUT2D eigenvalue weighted by atomic mass is 32.1. The van der Waals surface area contributed by atoms with Gasteiger partial charge in [0.25, 0.3) is 5.91 Å². The van der Waals surface area contributed by atoms with Crippen LogP contribution in [0.15, 0.2) is 17.5 Å². The van der Waals surface area contributed by atoms with Crippen molar-refractivity contribution in [1.29, 1.82) is 0 Å². The molecule has 0 N–H and O–H groups in total. The molecule has 0 saturated carbocycles. The predicted molar refractivity (Wildman–Crippen MR) is 69.1 cm³/mol. The third-order valence-electron chi connectivity index (χ3n) is 2.33. The lowest BCUT2D eigenvalue weighted by molar-refractivity contribution is 0.0750. The maximum Gasteiger partial charge on any atom is 0.263 e. The van der Waals surface area contributed by atoms with Crippen LogP contribution in [0.1, 0.15) is 23.0 Å². The van der Waals surface area contributed by atoms with Crippen LogP contribution in [0.5, 0.6) is 0 Å². The summed E-state index contributed by atoms with van der Waals surface area (Å²) >= 11 is 1.51. The zero-order valence-electron chi connectivity index (χ0n) is 10.3. The first-order chi connectivity index (χ1) is 7.65. The average molecular weight is 240 g/mol. The molecule has 0 saturated heterocycles. The van der Waals surface area contributed by atoms with Crippen molar-refractivity contribution in [3.05, 3.63) is 22.4 Å². The van der Waals surface area contributed by atoms with E-state index in [2.05, 4.69) is 11.8 Å². The van der Waals surface area contributed by atoms with Crippen molar-refractivity contribution in [3.63, 3.8) is 0 Å². The average Bonchev–Trinajstić information content (AvgIpc) is 2.76. The van der Waals surface area contributed by atoms with Crippen LogP contribution in [-0.2, 0) is 0 Å². The molecule has 0 aliphatic carbocycles. The Hall–Kier alpha value is -0.870. The first kappa shape index (κ1) is 13.2. The van der Waals surface area contributed by atoms with Gasteiger partial charge in [0.2, 0.25) is 0 Å². The van der Waals surface area contributed by atoms with Gasteiger partial charge in [-0.2, -0.15) is 0 Å². The fourth-order valence-electron chi connectivity index (χ4n) is 1.46. The van der Waals surface area contributed by atoms with Crippen LogP contribution in [-0.4, -0.2) is 49.4 Å². The molecular weight excluding hydrogens is 220 g/mol. The van der Waals surface area contributed by atoms with Gasteiger partial charge >= 0.3 is 0 Å². The summed E-state index contributed by atoms with van der Waals surface area (Å²) < 4.78 is 0. The highest BCUT2D eigenvalue weighted by Gasteiger charge is 2.15. The van der Waals surface area contributed by atoms with Crippen molar-refractivity contribution in [2.45, 2.75) is 13.3 Å². The molecule has 3 nitrogen and oxygen atoms in total. The van der Waals surface area contributed by atoms with Crippen LogP contribution >= 0.6 is 11.3 Å². The van der Waals surface area contributed by atoms with Crippen molar-refractivity contribution < 1.29 is 4.79 Å². The van der Waals surface area contributed by atoms with Crippen LogP contribution in [0.3, 0.4) is 0 Å². The van der Waals surface area contributed by atoms with Gasteiger partial charge < -0.3 is 9.80 Å². The number of hydrogen-bond acceptors (Lipinski definition) is 3. The number of thiophene rings is 1. The Labute approximate surface area is 102 Å². The number of rotatable bonds is 6. The van der Waals surface area contributed by atoms with Gasteiger partial charge in [0.1, 0.15) is 0 Å². The molecule has 1 heterocycles. The first-order valence-electron chi connectivity index (χ1n) is 5.62. The van der Waals surface area contributed by atoms with Crippen molar-refractivity contribution >= 4 is 17.2 Å². The lowest BCUT2D eigenvalue weighted by atomic mass is 10.3. The monoisotopic (exact) mass is 240 g/mol. The van der Waals surface area contributed by atoms with E-state index in [4.69, 9.17) is 0 Å². The van der Waals surface area contributed by atoms with E-state index in [1.807, 2.05) is 36.5 Å². The number of carbonyl (C=O) groups is 1. The van der Waals surface area contributed by atoms with Crippen molar-refractivity contribution in [2.24, 2.45) is 0 Å². The van der Waals surface area contributed by atoms with E-state index < -0.39 is 0 Å². The standard InChI is InChI=1S/C12H20N2OS/c1-4-7-14(9-8-13(2)3)12(15)11-6-5-10-16-11/h5-6,10H,4,7-9H2,1-3H3. The van der Waals surface area contributed by atoms with Crippen LogP contribution < -0.4 is 0 Å². The van der Waals surface area contributed by atoms with Crippen molar-refractivity contribution in [3.8, 4) is 0 Å². The van der Waals surface area contributed by atoms with Gasteiger partial charge in [-0.25, -0.2) is 0 Å². The number of carbonyl (C=O) groups excluding carboxylic acids is 1. The topological polar surface area (TPSA) is 23.6 Å². The Kier molecular flexibility index (Phi) is 5.49. The van der Waals surface area contributed by atoms with Gasteiger partial charge in [-0.05, 0) is 32.0 Å². The summed E-state index contributed by atoms with van der Waals surface area (Å²) in [6.07, 6.45) is 1.00. The van der Waals surface area contributed by atoms with Gasteiger partial charge in [0.05, 0.1) is 4.88 Å². The molecule has 1 rings (SSSR count). The predicted octanol–water partition coefficient (Wildman–Crippen LogP) is 2.16. The van der Waals surface area contributed by atoms with E-state index in [0.29, 0.717) is 0 Å². The van der Waals surface area contributed by atoms with Crippen LogP contribution in [0, 0.1) is 0 Å². The molecule has 0 unspecified atom stereocenters. The maximum absolute atomic E-state index is 12.1. The number of hydrogen-bond donors (Lipinski definition) is 0. The second-order valence-electron chi connectivity index (χ2n) is 4.07. The molecule has 0 fully saturated rings. The molecule has 0 aliphatic rings. The minimum atomic E-state index is 0.165. The summed E-state index contributed by atoms with van der Waals surface area (Å²) in [5.41, 5.74) is 0. The molecule has 4 heteroatoms. The molecule has 0 spiro atoms. The second-order valence-corrected chi connectivity index (χ2v) is 5.02. The SMILES string of the molecule is CCCN(CCN(C)C)C(=O)c1cccs1. The molecular formula is C12H20N2OS. The van der Waals surface area contributed by atoms with Gasteiger partial charge in [0, 0.05) is 19.6 Å². The number of nitrogens with zero attached hydrogens (tertiary/aromatic N) is 2. The third-order valence-corrected chi connectivity index (χ3v) is 3.19. The van der Waals surface area contributed by atoms with Crippen LogP contribution in [0.4, 0.5) is 0 Å². The Morgan fingerprint density at radius 3 is 2.56 bits per heavy atom. The lowest BCUT2D eigenvalue weighted by Crippen LogP contribution is -2.36. The summed E-state index contributed by atoms with van der Waals surface area (Å²) in [7, 11) is 4.06. The molecule has 0 aliphatic heterocycles. The zero-order valence-corrected chi connectivity index (χ0v) is 11.1.